The Balaban J connectivity index is 2.15. The van der Waals surface area contributed by atoms with Gasteiger partial charge in [0.15, 0.2) is 0 Å². The van der Waals surface area contributed by atoms with Crippen molar-refractivity contribution >= 4 is 11.8 Å². The molecular formula is C26H35FN2O2. The molecule has 0 saturated heterocycles. The zero-order chi connectivity index (χ0) is 22.8. The number of carbonyl (C=O) groups is 2. The van der Waals surface area contributed by atoms with Crippen molar-refractivity contribution in [1.82, 2.24) is 10.2 Å². The average Bonchev–Trinajstić information content (AvgIpc) is 2.77. The Hall–Kier alpha value is -2.69. The second kappa shape index (κ2) is 12.2. The average molecular weight is 427 g/mol. The fourth-order valence-corrected chi connectivity index (χ4v) is 3.54. The number of nitrogens with one attached hydrogen (secondary N) is 1. The molecule has 168 valence electrons. The van der Waals surface area contributed by atoms with Crippen LogP contribution in [0.1, 0.15) is 69.6 Å². The molecule has 2 aromatic rings. The van der Waals surface area contributed by atoms with Crippen LogP contribution in [0.4, 0.5) is 4.39 Å². The second-order valence-corrected chi connectivity index (χ2v) is 8.26. The first kappa shape index (κ1) is 24.6. The van der Waals surface area contributed by atoms with Crippen molar-refractivity contribution in [2.24, 2.45) is 0 Å². The molecule has 1 N–H and O–H groups in total. The molecule has 2 amide bonds. The standard InChI is InChI=1S/C26H35FN2O2/c1-5-17-28-26(31)24(6-2)29(18-21-9-14-23(27)15-10-21)25(30)16-11-20-7-12-22(13-8-20)19(3)4/h7-10,12-15,19,24H,5-6,11,16-18H2,1-4H3,(H,28,31)/t24-/m0/s1. The Labute approximate surface area is 185 Å². The van der Waals surface area contributed by atoms with E-state index in [1.165, 1.54) is 17.7 Å². The van der Waals surface area contributed by atoms with E-state index in [9.17, 15) is 14.0 Å². The quantitative estimate of drug-likeness (QED) is 0.536. The van der Waals surface area contributed by atoms with Gasteiger partial charge in [-0.3, -0.25) is 9.59 Å². The van der Waals surface area contributed by atoms with Gasteiger partial charge in [0.1, 0.15) is 11.9 Å². The monoisotopic (exact) mass is 426 g/mol. The molecular weight excluding hydrogens is 391 g/mol. The number of carbonyl (C=O) groups excluding carboxylic acids is 2. The number of hydrogen-bond donors (Lipinski definition) is 1. The molecule has 0 aliphatic rings. The number of aryl methyl sites for hydroxylation is 1. The van der Waals surface area contributed by atoms with Crippen LogP contribution in [0.5, 0.6) is 0 Å². The van der Waals surface area contributed by atoms with Crippen molar-refractivity contribution < 1.29 is 14.0 Å². The zero-order valence-electron chi connectivity index (χ0n) is 19.2. The number of benzene rings is 2. The second-order valence-electron chi connectivity index (χ2n) is 8.26. The number of hydrogen-bond acceptors (Lipinski definition) is 2. The minimum Gasteiger partial charge on any atom is -0.354 e. The molecule has 2 rings (SSSR count). The summed E-state index contributed by atoms with van der Waals surface area (Å²) in [5.41, 5.74) is 3.17. The Morgan fingerprint density at radius 3 is 2.13 bits per heavy atom. The third-order valence-electron chi connectivity index (χ3n) is 5.48. The van der Waals surface area contributed by atoms with Crippen LogP contribution in [0.3, 0.4) is 0 Å². The zero-order valence-corrected chi connectivity index (χ0v) is 19.2. The van der Waals surface area contributed by atoms with E-state index in [-0.39, 0.29) is 24.2 Å². The van der Waals surface area contributed by atoms with Gasteiger partial charge in [0, 0.05) is 19.5 Å². The molecule has 4 nitrogen and oxygen atoms in total. The number of nitrogens with zero attached hydrogens (tertiary/aromatic N) is 1. The lowest BCUT2D eigenvalue weighted by atomic mass is 10.00. The molecule has 1 atom stereocenters. The molecule has 0 aromatic heterocycles. The maximum Gasteiger partial charge on any atom is 0.242 e. The SMILES string of the molecule is CCCNC(=O)[C@H](CC)N(Cc1ccc(F)cc1)C(=O)CCc1ccc(C(C)C)cc1. The van der Waals surface area contributed by atoms with Crippen LogP contribution in [-0.2, 0) is 22.6 Å². The van der Waals surface area contributed by atoms with Gasteiger partial charge in [-0.1, -0.05) is 64.1 Å². The van der Waals surface area contributed by atoms with Crippen LogP contribution in [0.15, 0.2) is 48.5 Å². The van der Waals surface area contributed by atoms with Crippen LogP contribution < -0.4 is 5.32 Å². The highest BCUT2D eigenvalue weighted by Gasteiger charge is 2.28. The highest BCUT2D eigenvalue weighted by molar-refractivity contribution is 5.87. The molecule has 5 heteroatoms. The van der Waals surface area contributed by atoms with E-state index in [4.69, 9.17) is 0 Å². The Bertz CT molecular complexity index is 831. The highest BCUT2D eigenvalue weighted by Crippen LogP contribution is 2.18. The first-order valence-electron chi connectivity index (χ1n) is 11.3. The summed E-state index contributed by atoms with van der Waals surface area (Å²) in [5, 5.41) is 2.91. The molecule has 0 radical (unpaired) electrons. The summed E-state index contributed by atoms with van der Waals surface area (Å²) in [6.07, 6.45) is 2.29. The number of rotatable bonds is 11. The van der Waals surface area contributed by atoms with Crippen LogP contribution in [-0.4, -0.2) is 29.3 Å². The van der Waals surface area contributed by atoms with Gasteiger partial charge in [0.05, 0.1) is 0 Å². The summed E-state index contributed by atoms with van der Waals surface area (Å²) in [4.78, 5) is 27.6. The summed E-state index contributed by atoms with van der Waals surface area (Å²) in [5.74, 6) is -0.0649. The number of halogens is 1. The van der Waals surface area contributed by atoms with Gasteiger partial charge < -0.3 is 10.2 Å². The molecule has 0 spiro atoms. The minimum absolute atomic E-state index is 0.0734. The third kappa shape index (κ3) is 7.50. The van der Waals surface area contributed by atoms with Crippen LogP contribution >= 0.6 is 0 Å². The third-order valence-corrected chi connectivity index (χ3v) is 5.48. The van der Waals surface area contributed by atoms with Crippen LogP contribution in [0.2, 0.25) is 0 Å². The lowest BCUT2D eigenvalue weighted by Crippen LogP contribution is -2.49. The lowest BCUT2D eigenvalue weighted by molar-refractivity contribution is -0.141. The highest BCUT2D eigenvalue weighted by atomic mass is 19.1. The van der Waals surface area contributed by atoms with E-state index < -0.39 is 6.04 Å². The fourth-order valence-electron chi connectivity index (χ4n) is 3.54. The van der Waals surface area contributed by atoms with E-state index in [2.05, 4.69) is 43.4 Å². The summed E-state index contributed by atoms with van der Waals surface area (Å²) in [6, 6.07) is 13.9. The maximum atomic E-state index is 13.3. The number of amides is 2. The lowest BCUT2D eigenvalue weighted by Gasteiger charge is -2.30. The van der Waals surface area contributed by atoms with E-state index in [0.717, 1.165) is 17.5 Å². The predicted molar refractivity (Wildman–Crippen MR) is 123 cm³/mol. The molecule has 0 fully saturated rings. The predicted octanol–water partition coefficient (Wildman–Crippen LogP) is 5.22. The molecule has 0 heterocycles. The van der Waals surface area contributed by atoms with Crippen molar-refractivity contribution in [2.45, 2.75) is 71.9 Å². The van der Waals surface area contributed by atoms with Gasteiger partial charge in [0.25, 0.3) is 0 Å². The summed E-state index contributed by atoms with van der Waals surface area (Å²) in [6.45, 7) is 9.07. The van der Waals surface area contributed by atoms with Gasteiger partial charge in [-0.15, -0.1) is 0 Å². The molecule has 0 bridgehead atoms. The molecule has 31 heavy (non-hydrogen) atoms. The van der Waals surface area contributed by atoms with Crippen LogP contribution in [0, 0.1) is 5.82 Å². The molecule has 0 saturated carbocycles. The van der Waals surface area contributed by atoms with Crippen molar-refractivity contribution in [3.05, 3.63) is 71.0 Å². The van der Waals surface area contributed by atoms with Gasteiger partial charge in [0.2, 0.25) is 11.8 Å². The van der Waals surface area contributed by atoms with E-state index in [1.54, 1.807) is 17.0 Å². The smallest absolute Gasteiger partial charge is 0.242 e. The van der Waals surface area contributed by atoms with Crippen LogP contribution in [0.25, 0.3) is 0 Å². The van der Waals surface area contributed by atoms with Crippen molar-refractivity contribution in [2.75, 3.05) is 6.54 Å². The molecule has 0 aliphatic heterocycles. The molecule has 2 aromatic carbocycles. The van der Waals surface area contributed by atoms with Gasteiger partial charge in [-0.05, 0) is 54.0 Å². The normalized spacial score (nSPS) is 11.9. The molecule has 0 unspecified atom stereocenters. The molecule has 0 aliphatic carbocycles. The van der Waals surface area contributed by atoms with Gasteiger partial charge in [-0.2, -0.15) is 0 Å². The largest absolute Gasteiger partial charge is 0.354 e. The minimum atomic E-state index is -0.549. The summed E-state index contributed by atoms with van der Waals surface area (Å²) < 4.78 is 13.3. The Kier molecular flexibility index (Phi) is 9.70. The van der Waals surface area contributed by atoms with Gasteiger partial charge >= 0.3 is 0 Å². The topological polar surface area (TPSA) is 49.4 Å². The van der Waals surface area contributed by atoms with E-state index in [1.807, 2.05) is 13.8 Å². The van der Waals surface area contributed by atoms with Crippen molar-refractivity contribution in [1.29, 1.82) is 0 Å². The summed E-state index contributed by atoms with van der Waals surface area (Å²) >= 11 is 0. The van der Waals surface area contributed by atoms with E-state index in [0.29, 0.717) is 31.7 Å². The fraction of sp³-hybridized carbons (Fsp3) is 0.462. The van der Waals surface area contributed by atoms with Crippen molar-refractivity contribution in [3.8, 4) is 0 Å². The Morgan fingerprint density at radius 2 is 1.58 bits per heavy atom. The van der Waals surface area contributed by atoms with E-state index >= 15 is 0 Å². The Morgan fingerprint density at radius 1 is 0.968 bits per heavy atom. The van der Waals surface area contributed by atoms with Crippen molar-refractivity contribution in [3.63, 3.8) is 0 Å². The van der Waals surface area contributed by atoms with Gasteiger partial charge in [-0.25, -0.2) is 4.39 Å². The first-order valence-corrected chi connectivity index (χ1v) is 11.3. The maximum absolute atomic E-state index is 13.3. The first-order chi connectivity index (χ1) is 14.8. The summed E-state index contributed by atoms with van der Waals surface area (Å²) in [7, 11) is 0.